The lowest BCUT2D eigenvalue weighted by Crippen LogP contribution is -2.31. The van der Waals surface area contributed by atoms with Gasteiger partial charge in [-0.05, 0) is 62.0 Å². The summed E-state index contributed by atoms with van der Waals surface area (Å²) in [5.41, 5.74) is 1.11. The molecule has 5 heteroatoms. The zero-order valence-corrected chi connectivity index (χ0v) is 11.2. The molecule has 0 radical (unpaired) electrons. The van der Waals surface area contributed by atoms with Crippen molar-refractivity contribution in [3.8, 4) is 0 Å². The summed E-state index contributed by atoms with van der Waals surface area (Å²) in [6.07, 6.45) is 3.12. The molecule has 1 spiro atoms. The van der Waals surface area contributed by atoms with E-state index >= 15 is 0 Å². The fourth-order valence-corrected chi connectivity index (χ4v) is 3.12. The minimum absolute atomic E-state index is 0.0648. The molecule has 2 fully saturated rings. The van der Waals surface area contributed by atoms with Gasteiger partial charge in [0.05, 0.1) is 5.56 Å². The van der Waals surface area contributed by atoms with E-state index in [4.69, 9.17) is 5.11 Å². The number of rotatable bonds is 3. The normalized spacial score (nSPS) is 23.3. The van der Waals surface area contributed by atoms with Gasteiger partial charge >= 0.3 is 5.97 Å². The van der Waals surface area contributed by atoms with Crippen LogP contribution in [0, 0.1) is 11.3 Å². The summed E-state index contributed by atoms with van der Waals surface area (Å²) in [6, 6.07) is 6.29. The van der Waals surface area contributed by atoms with E-state index in [-0.39, 0.29) is 22.8 Å². The Morgan fingerprint density at radius 1 is 1.20 bits per heavy atom. The topological polar surface area (TPSA) is 78.4 Å². The highest BCUT2D eigenvalue weighted by molar-refractivity contribution is 5.95. The lowest BCUT2D eigenvalue weighted by atomic mass is 9.92. The molecule has 2 aliphatic rings. The van der Waals surface area contributed by atoms with E-state index < -0.39 is 5.97 Å². The number of amides is 1. The molecule has 1 saturated heterocycles. The van der Waals surface area contributed by atoms with Gasteiger partial charge in [-0.1, -0.05) is 0 Å². The molecular formula is C15H18N2O3. The molecule has 1 saturated carbocycles. The lowest BCUT2D eigenvalue weighted by molar-refractivity contribution is -0.118. The number of hydrogen-bond donors (Lipinski definition) is 3. The molecule has 0 aromatic heterocycles. The van der Waals surface area contributed by atoms with Crippen LogP contribution in [0.15, 0.2) is 24.3 Å². The number of benzene rings is 1. The predicted molar refractivity (Wildman–Crippen MR) is 74.7 cm³/mol. The first-order valence-electron chi connectivity index (χ1n) is 6.96. The summed E-state index contributed by atoms with van der Waals surface area (Å²) in [5.74, 6) is -0.780. The van der Waals surface area contributed by atoms with Gasteiger partial charge in [0, 0.05) is 11.6 Å². The van der Waals surface area contributed by atoms with Crippen LogP contribution in [-0.4, -0.2) is 30.1 Å². The van der Waals surface area contributed by atoms with Crippen molar-refractivity contribution in [3.05, 3.63) is 29.8 Å². The second-order valence-corrected chi connectivity index (χ2v) is 5.74. The number of carboxylic acid groups (broad SMARTS) is 1. The van der Waals surface area contributed by atoms with Crippen molar-refractivity contribution in [1.29, 1.82) is 0 Å². The molecule has 3 rings (SSSR count). The number of anilines is 1. The Morgan fingerprint density at radius 3 is 2.45 bits per heavy atom. The average molecular weight is 274 g/mol. The van der Waals surface area contributed by atoms with Crippen LogP contribution in [0.5, 0.6) is 0 Å². The molecular weight excluding hydrogens is 256 g/mol. The zero-order valence-electron chi connectivity index (χ0n) is 11.2. The minimum atomic E-state index is -0.960. The lowest BCUT2D eigenvalue weighted by Gasteiger charge is -2.23. The molecule has 1 aliphatic heterocycles. The molecule has 3 N–H and O–H groups in total. The molecule has 1 heterocycles. The molecule has 1 amide bonds. The van der Waals surface area contributed by atoms with E-state index in [2.05, 4.69) is 10.6 Å². The molecule has 5 nitrogen and oxygen atoms in total. The van der Waals surface area contributed by atoms with Crippen molar-refractivity contribution in [1.82, 2.24) is 5.32 Å². The summed E-state index contributed by atoms with van der Waals surface area (Å²) in [7, 11) is 0. The van der Waals surface area contributed by atoms with Gasteiger partial charge in [0.1, 0.15) is 0 Å². The van der Waals surface area contributed by atoms with Crippen molar-refractivity contribution >= 4 is 17.6 Å². The Kier molecular flexibility index (Phi) is 3.22. The van der Waals surface area contributed by atoms with E-state index in [1.165, 1.54) is 12.1 Å². The van der Waals surface area contributed by atoms with Gasteiger partial charge in [-0.2, -0.15) is 0 Å². The van der Waals surface area contributed by atoms with Crippen LogP contribution in [0.4, 0.5) is 5.69 Å². The van der Waals surface area contributed by atoms with Crippen LogP contribution < -0.4 is 10.6 Å². The molecule has 1 aromatic rings. The maximum atomic E-state index is 12.2. The monoisotopic (exact) mass is 274 g/mol. The third-order valence-electron chi connectivity index (χ3n) is 4.50. The van der Waals surface area contributed by atoms with E-state index in [0.717, 1.165) is 32.4 Å². The van der Waals surface area contributed by atoms with Crippen LogP contribution in [0.2, 0.25) is 0 Å². The standard InChI is InChI=1S/C15H18N2O3/c18-13(12-9-15(12)5-7-16-8-6-15)17-11-3-1-10(2-4-11)14(19)20/h1-4,12,16H,5-9H2,(H,17,18)(H,19,20). The molecule has 1 aliphatic carbocycles. The van der Waals surface area contributed by atoms with Crippen LogP contribution in [-0.2, 0) is 4.79 Å². The van der Waals surface area contributed by atoms with E-state index in [0.29, 0.717) is 5.69 Å². The van der Waals surface area contributed by atoms with E-state index in [1.807, 2.05) is 0 Å². The zero-order chi connectivity index (χ0) is 14.2. The Hall–Kier alpha value is -1.88. The van der Waals surface area contributed by atoms with E-state index in [9.17, 15) is 9.59 Å². The van der Waals surface area contributed by atoms with Gasteiger partial charge in [-0.3, -0.25) is 4.79 Å². The van der Waals surface area contributed by atoms with Gasteiger partial charge in [0.25, 0.3) is 0 Å². The second-order valence-electron chi connectivity index (χ2n) is 5.74. The predicted octanol–water partition coefficient (Wildman–Crippen LogP) is 1.71. The Morgan fingerprint density at radius 2 is 1.85 bits per heavy atom. The van der Waals surface area contributed by atoms with Gasteiger partial charge in [0.15, 0.2) is 0 Å². The molecule has 0 bridgehead atoms. The highest BCUT2D eigenvalue weighted by Crippen LogP contribution is 2.58. The highest BCUT2D eigenvalue weighted by atomic mass is 16.4. The fourth-order valence-electron chi connectivity index (χ4n) is 3.12. The van der Waals surface area contributed by atoms with Gasteiger partial charge < -0.3 is 15.7 Å². The molecule has 1 aromatic carbocycles. The number of hydrogen-bond acceptors (Lipinski definition) is 3. The molecule has 106 valence electrons. The van der Waals surface area contributed by atoms with Gasteiger partial charge in [-0.25, -0.2) is 4.79 Å². The fraction of sp³-hybridized carbons (Fsp3) is 0.467. The first-order valence-corrected chi connectivity index (χ1v) is 6.96. The minimum Gasteiger partial charge on any atom is -0.478 e. The molecule has 1 unspecified atom stereocenters. The largest absolute Gasteiger partial charge is 0.478 e. The van der Waals surface area contributed by atoms with Gasteiger partial charge in [-0.15, -0.1) is 0 Å². The van der Waals surface area contributed by atoms with Crippen molar-refractivity contribution in [3.63, 3.8) is 0 Å². The van der Waals surface area contributed by atoms with Crippen molar-refractivity contribution < 1.29 is 14.7 Å². The van der Waals surface area contributed by atoms with E-state index in [1.54, 1.807) is 12.1 Å². The summed E-state index contributed by atoms with van der Waals surface area (Å²) in [4.78, 5) is 23.0. The maximum absolute atomic E-state index is 12.2. The number of nitrogens with one attached hydrogen (secondary N) is 2. The maximum Gasteiger partial charge on any atom is 0.335 e. The summed E-state index contributed by atoms with van der Waals surface area (Å²) in [6.45, 7) is 1.99. The third-order valence-corrected chi connectivity index (χ3v) is 4.50. The van der Waals surface area contributed by atoms with Crippen molar-refractivity contribution in [2.75, 3.05) is 18.4 Å². The Balaban J connectivity index is 1.61. The smallest absolute Gasteiger partial charge is 0.335 e. The summed E-state index contributed by atoms with van der Waals surface area (Å²) in [5, 5.41) is 15.0. The number of piperidine rings is 1. The van der Waals surface area contributed by atoms with Crippen molar-refractivity contribution in [2.24, 2.45) is 11.3 Å². The highest BCUT2D eigenvalue weighted by Gasteiger charge is 2.57. The van der Waals surface area contributed by atoms with Crippen LogP contribution in [0.3, 0.4) is 0 Å². The van der Waals surface area contributed by atoms with Gasteiger partial charge in [0.2, 0.25) is 5.91 Å². The summed E-state index contributed by atoms with van der Waals surface area (Å²) >= 11 is 0. The second kappa shape index (κ2) is 4.90. The SMILES string of the molecule is O=C(O)c1ccc(NC(=O)C2CC23CCNCC3)cc1. The Bertz CT molecular complexity index is 533. The van der Waals surface area contributed by atoms with Crippen LogP contribution >= 0.6 is 0 Å². The molecule has 20 heavy (non-hydrogen) atoms. The summed E-state index contributed by atoms with van der Waals surface area (Å²) < 4.78 is 0. The van der Waals surface area contributed by atoms with Crippen molar-refractivity contribution in [2.45, 2.75) is 19.3 Å². The third kappa shape index (κ3) is 2.41. The number of aromatic carboxylic acids is 1. The Labute approximate surface area is 117 Å². The van der Waals surface area contributed by atoms with Crippen LogP contribution in [0.1, 0.15) is 29.6 Å². The number of carbonyl (C=O) groups excluding carboxylic acids is 1. The first kappa shape index (κ1) is 13.1. The quantitative estimate of drug-likeness (QED) is 0.784. The number of carboxylic acids is 1. The average Bonchev–Trinajstić information content (AvgIpc) is 3.14. The number of carbonyl (C=O) groups is 2. The first-order chi connectivity index (χ1) is 9.61. The van der Waals surface area contributed by atoms with Crippen LogP contribution in [0.25, 0.3) is 0 Å². The molecule has 1 atom stereocenters.